The number of aryl methyl sites for hydroxylation is 1. The molecule has 0 aromatic heterocycles. The van der Waals surface area contributed by atoms with Gasteiger partial charge in [-0.05, 0) is 43.0 Å². The summed E-state index contributed by atoms with van der Waals surface area (Å²) in [5.41, 5.74) is 3.38. The first kappa shape index (κ1) is 10.0. The van der Waals surface area contributed by atoms with Crippen LogP contribution in [0.5, 0.6) is 5.75 Å². The quantitative estimate of drug-likeness (QED) is 0.763. The maximum Gasteiger partial charge on any atom is 0.310 e. The average molecular weight is 206 g/mol. The molecule has 0 spiro atoms. The number of rotatable bonds is 1. The molecular weight excluding hydrogens is 192 g/mol. The summed E-state index contributed by atoms with van der Waals surface area (Å²) in [5, 5.41) is 8.94. The number of hydrogen-bond acceptors (Lipinski definition) is 2. The fourth-order valence-corrected chi connectivity index (χ4v) is 1.89. The first-order valence-corrected chi connectivity index (χ1v) is 5.04. The van der Waals surface area contributed by atoms with E-state index in [2.05, 4.69) is 0 Å². The van der Waals surface area contributed by atoms with Crippen LogP contribution in [0.4, 0.5) is 0 Å². The third kappa shape index (κ3) is 1.69. The summed E-state index contributed by atoms with van der Waals surface area (Å²) >= 11 is 0. The molecule has 2 rings (SSSR count). The largest absolute Gasteiger partial charge is 0.492 e. The van der Waals surface area contributed by atoms with E-state index in [0.717, 1.165) is 16.9 Å². The van der Waals surface area contributed by atoms with Crippen molar-refractivity contribution < 1.29 is 14.6 Å². The van der Waals surface area contributed by atoms with Crippen molar-refractivity contribution in [1.29, 1.82) is 0 Å². The van der Waals surface area contributed by atoms with Gasteiger partial charge in [0.15, 0.2) is 0 Å². The molecule has 1 heterocycles. The summed E-state index contributed by atoms with van der Waals surface area (Å²) in [4.78, 5) is 10.9. The van der Waals surface area contributed by atoms with Gasteiger partial charge >= 0.3 is 5.97 Å². The van der Waals surface area contributed by atoms with Gasteiger partial charge in [0.1, 0.15) is 12.4 Å². The van der Waals surface area contributed by atoms with Gasteiger partial charge in [0, 0.05) is 0 Å². The Labute approximate surface area is 88.7 Å². The van der Waals surface area contributed by atoms with Crippen molar-refractivity contribution in [3.63, 3.8) is 0 Å². The SMILES string of the molecule is Cc1ccc2c(c1C)CC(C(=O)O)CO2. The smallest absolute Gasteiger partial charge is 0.310 e. The van der Waals surface area contributed by atoms with Gasteiger partial charge in [-0.2, -0.15) is 0 Å². The van der Waals surface area contributed by atoms with Crippen LogP contribution in [-0.4, -0.2) is 17.7 Å². The lowest BCUT2D eigenvalue weighted by Gasteiger charge is -2.24. The number of carboxylic acids is 1. The minimum Gasteiger partial charge on any atom is -0.492 e. The average Bonchev–Trinajstić information content (AvgIpc) is 2.23. The lowest BCUT2D eigenvalue weighted by molar-refractivity contribution is -0.143. The Morgan fingerprint density at radius 3 is 2.87 bits per heavy atom. The molecule has 0 radical (unpaired) electrons. The van der Waals surface area contributed by atoms with E-state index in [9.17, 15) is 4.79 Å². The molecular formula is C12H14O3. The third-order valence-corrected chi connectivity index (χ3v) is 3.07. The zero-order chi connectivity index (χ0) is 11.0. The van der Waals surface area contributed by atoms with Gasteiger partial charge < -0.3 is 9.84 Å². The first-order chi connectivity index (χ1) is 7.09. The van der Waals surface area contributed by atoms with Crippen molar-refractivity contribution in [3.8, 4) is 5.75 Å². The van der Waals surface area contributed by atoms with E-state index in [1.165, 1.54) is 5.56 Å². The summed E-state index contributed by atoms with van der Waals surface area (Å²) in [5.74, 6) is -0.338. The Morgan fingerprint density at radius 1 is 1.47 bits per heavy atom. The highest BCUT2D eigenvalue weighted by Crippen LogP contribution is 2.31. The number of hydrogen-bond donors (Lipinski definition) is 1. The molecule has 0 bridgehead atoms. The van der Waals surface area contributed by atoms with Crippen LogP contribution >= 0.6 is 0 Å². The predicted octanol–water partition coefficient (Wildman–Crippen LogP) is 1.94. The predicted molar refractivity (Wildman–Crippen MR) is 56.2 cm³/mol. The molecule has 1 aliphatic heterocycles. The molecule has 3 heteroatoms. The van der Waals surface area contributed by atoms with E-state index in [0.29, 0.717) is 6.42 Å². The van der Waals surface area contributed by atoms with Crippen molar-refractivity contribution in [2.45, 2.75) is 20.3 Å². The van der Waals surface area contributed by atoms with E-state index in [1.807, 2.05) is 26.0 Å². The molecule has 0 saturated carbocycles. The van der Waals surface area contributed by atoms with Crippen LogP contribution in [0.3, 0.4) is 0 Å². The van der Waals surface area contributed by atoms with Gasteiger partial charge in [0.2, 0.25) is 0 Å². The van der Waals surface area contributed by atoms with Gasteiger partial charge in [0.25, 0.3) is 0 Å². The number of fused-ring (bicyclic) bond motifs is 1. The van der Waals surface area contributed by atoms with Gasteiger partial charge in [-0.25, -0.2) is 0 Å². The van der Waals surface area contributed by atoms with Crippen LogP contribution in [0.1, 0.15) is 16.7 Å². The lowest BCUT2D eigenvalue weighted by Crippen LogP contribution is -2.28. The van der Waals surface area contributed by atoms with E-state index >= 15 is 0 Å². The first-order valence-electron chi connectivity index (χ1n) is 5.04. The van der Waals surface area contributed by atoms with Gasteiger partial charge in [0.05, 0.1) is 5.92 Å². The summed E-state index contributed by atoms with van der Waals surface area (Å²) in [7, 11) is 0. The molecule has 0 aliphatic carbocycles. The maximum absolute atomic E-state index is 10.9. The van der Waals surface area contributed by atoms with E-state index in [4.69, 9.17) is 9.84 Å². The fourth-order valence-electron chi connectivity index (χ4n) is 1.89. The van der Waals surface area contributed by atoms with Crippen LogP contribution in [0.15, 0.2) is 12.1 Å². The number of carbonyl (C=O) groups is 1. The number of aliphatic carboxylic acids is 1. The Hall–Kier alpha value is -1.51. The number of ether oxygens (including phenoxy) is 1. The maximum atomic E-state index is 10.9. The highest BCUT2D eigenvalue weighted by Gasteiger charge is 2.26. The summed E-state index contributed by atoms with van der Waals surface area (Å²) in [6.07, 6.45) is 0.582. The van der Waals surface area contributed by atoms with E-state index in [-0.39, 0.29) is 6.61 Å². The normalized spacial score (nSPS) is 19.2. The fraction of sp³-hybridized carbons (Fsp3) is 0.417. The van der Waals surface area contributed by atoms with Gasteiger partial charge in [-0.1, -0.05) is 6.07 Å². The summed E-state index contributed by atoms with van der Waals surface area (Å²) in [6, 6.07) is 3.94. The third-order valence-electron chi connectivity index (χ3n) is 3.07. The van der Waals surface area contributed by atoms with Crippen molar-refractivity contribution in [2.75, 3.05) is 6.61 Å². The van der Waals surface area contributed by atoms with Crippen molar-refractivity contribution in [1.82, 2.24) is 0 Å². The van der Waals surface area contributed by atoms with E-state index in [1.54, 1.807) is 0 Å². The zero-order valence-electron chi connectivity index (χ0n) is 8.91. The van der Waals surface area contributed by atoms with Crippen molar-refractivity contribution >= 4 is 5.97 Å². The zero-order valence-corrected chi connectivity index (χ0v) is 8.91. The minimum absolute atomic E-state index is 0.283. The number of carboxylic acid groups (broad SMARTS) is 1. The van der Waals surface area contributed by atoms with Crippen LogP contribution in [0.2, 0.25) is 0 Å². The molecule has 80 valence electrons. The summed E-state index contributed by atoms with van der Waals surface area (Å²) < 4.78 is 5.45. The second-order valence-electron chi connectivity index (χ2n) is 4.03. The minimum atomic E-state index is -0.776. The van der Waals surface area contributed by atoms with Crippen LogP contribution < -0.4 is 4.74 Å². The molecule has 1 aromatic rings. The Morgan fingerprint density at radius 2 is 2.20 bits per heavy atom. The van der Waals surface area contributed by atoms with Crippen LogP contribution in [0.25, 0.3) is 0 Å². The second kappa shape index (κ2) is 3.57. The molecule has 1 aromatic carbocycles. The van der Waals surface area contributed by atoms with Crippen molar-refractivity contribution in [3.05, 3.63) is 28.8 Å². The standard InChI is InChI=1S/C12H14O3/c1-7-3-4-11-10(8(7)2)5-9(6-15-11)12(13)14/h3-4,9H,5-6H2,1-2H3,(H,13,14). The van der Waals surface area contributed by atoms with E-state index < -0.39 is 11.9 Å². The molecule has 15 heavy (non-hydrogen) atoms. The van der Waals surface area contributed by atoms with Crippen molar-refractivity contribution in [2.24, 2.45) is 5.92 Å². The lowest BCUT2D eigenvalue weighted by atomic mass is 9.91. The Bertz CT molecular complexity index is 410. The second-order valence-corrected chi connectivity index (χ2v) is 4.03. The monoisotopic (exact) mass is 206 g/mol. The molecule has 1 N–H and O–H groups in total. The van der Waals surface area contributed by atoms with Crippen LogP contribution in [-0.2, 0) is 11.2 Å². The molecule has 0 fully saturated rings. The highest BCUT2D eigenvalue weighted by molar-refractivity contribution is 5.71. The topological polar surface area (TPSA) is 46.5 Å². The molecule has 1 unspecified atom stereocenters. The van der Waals surface area contributed by atoms with Crippen LogP contribution in [0, 0.1) is 19.8 Å². The molecule has 3 nitrogen and oxygen atoms in total. The number of benzene rings is 1. The summed E-state index contributed by atoms with van der Waals surface area (Å²) in [6.45, 7) is 4.33. The van der Waals surface area contributed by atoms with Gasteiger partial charge in [-0.15, -0.1) is 0 Å². The Kier molecular flexibility index (Phi) is 2.39. The molecule has 0 saturated heterocycles. The highest BCUT2D eigenvalue weighted by atomic mass is 16.5. The van der Waals surface area contributed by atoms with Gasteiger partial charge in [-0.3, -0.25) is 4.79 Å². The Balaban J connectivity index is 2.39. The molecule has 0 amide bonds. The molecule has 1 atom stereocenters. The molecule has 1 aliphatic rings.